The summed E-state index contributed by atoms with van der Waals surface area (Å²) in [6.45, 7) is 1.50. The zero-order chi connectivity index (χ0) is 14.3. The summed E-state index contributed by atoms with van der Waals surface area (Å²) in [5.74, 6) is 0.121. The van der Waals surface area contributed by atoms with Gasteiger partial charge in [-0.1, -0.05) is 12.2 Å². The van der Waals surface area contributed by atoms with Crippen LogP contribution in [-0.4, -0.2) is 20.6 Å². The summed E-state index contributed by atoms with van der Waals surface area (Å²) in [6.07, 6.45) is 5.19. The Labute approximate surface area is 116 Å². The Balaban J connectivity index is 2.11. The number of hydrogen-bond acceptors (Lipinski definition) is 3. The molecule has 1 aliphatic rings. The normalized spacial score (nSPS) is 13.2. The lowest BCUT2D eigenvalue weighted by molar-refractivity contribution is 0.101. The minimum Gasteiger partial charge on any atom is -0.494 e. The molecule has 0 saturated carbocycles. The van der Waals surface area contributed by atoms with Gasteiger partial charge in [-0.2, -0.15) is 0 Å². The second-order valence-electron chi connectivity index (χ2n) is 4.92. The van der Waals surface area contributed by atoms with Crippen LogP contribution in [0.1, 0.15) is 28.4 Å². The molecule has 0 unspecified atom stereocenters. The van der Waals surface area contributed by atoms with Crippen LogP contribution in [0.15, 0.2) is 36.4 Å². The standard InChI is InChI=1S/C16H15NO3/c1-10(18)11-6-8-12(9-7-11)17-15(19)13-4-2-3-5-14(13)16(17)20/h2-3,6-9,19-20H,4-5H2,1H3. The van der Waals surface area contributed by atoms with E-state index >= 15 is 0 Å². The highest BCUT2D eigenvalue weighted by molar-refractivity contribution is 5.94. The number of carbonyl (C=O) groups is 1. The molecule has 1 heterocycles. The van der Waals surface area contributed by atoms with Gasteiger partial charge in [0.2, 0.25) is 11.8 Å². The van der Waals surface area contributed by atoms with Gasteiger partial charge in [-0.25, -0.2) is 0 Å². The van der Waals surface area contributed by atoms with Gasteiger partial charge in [0.25, 0.3) is 0 Å². The molecule has 0 saturated heterocycles. The largest absolute Gasteiger partial charge is 0.494 e. The third-order valence-electron chi connectivity index (χ3n) is 3.67. The fourth-order valence-corrected chi connectivity index (χ4v) is 2.56. The van der Waals surface area contributed by atoms with E-state index in [1.54, 1.807) is 24.3 Å². The van der Waals surface area contributed by atoms with Crippen molar-refractivity contribution < 1.29 is 15.0 Å². The molecule has 0 bridgehead atoms. The third-order valence-corrected chi connectivity index (χ3v) is 3.67. The predicted molar refractivity (Wildman–Crippen MR) is 75.7 cm³/mol. The van der Waals surface area contributed by atoms with Gasteiger partial charge in [0, 0.05) is 16.7 Å². The van der Waals surface area contributed by atoms with E-state index in [2.05, 4.69) is 0 Å². The molecule has 0 atom stereocenters. The third kappa shape index (κ3) is 1.81. The van der Waals surface area contributed by atoms with Crippen molar-refractivity contribution in [2.24, 2.45) is 0 Å². The molecular formula is C16H15NO3. The first kappa shape index (κ1) is 12.5. The molecule has 1 aliphatic carbocycles. The molecular weight excluding hydrogens is 254 g/mol. The van der Waals surface area contributed by atoms with Crippen molar-refractivity contribution in [3.63, 3.8) is 0 Å². The fourth-order valence-electron chi connectivity index (χ4n) is 2.56. The number of carbonyl (C=O) groups excluding carboxylic acids is 1. The van der Waals surface area contributed by atoms with Crippen molar-refractivity contribution in [3.8, 4) is 17.4 Å². The highest BCUT2D eigenvalue weighted by Gasteiger charge is 2.23. The Morgan fingerprint density at radius 3 is 1.95 bits per heavy atom. The average molecular weight is 269 g/mol. The maximum Gasteiger partial charge on any atom is 0.202 e. The van der Waals surface area contributed by atoms with Crippen molar-refractivity contribution >= 4 is 5.78 Å². The van der Waals surface area contributed by atoms with Gasteiger partial charge in [0.15, 0.2) is 5.78 Å². The molecule has 102 valence electrons. The van der Waals surface area contributed by atoms with E-state index < -0.39 is 0 Å². The molecule has 3 rings (SSSR count). The minimum atomic E-state index is -0.0130. The molecule has 0 aliphatic heterocycles. The van der Waals surface area contributed by atoms with Crippen molar-refractivity contribution in [3.05, 3.63) is 53.1 Å². The number of rotatable bonds is 2. The van der Waals surface area contributed by atoms with Crippen molar-refractivity contribution in [1.29, 1.82) is 0 Å². The molecule has 4 heteroatoms. The first-order valence-corrected chi connectivity index (χ1v) is 6.50. The number of aromatic hydroxyl groups is 2. The average Bonchev–Trinajstić information content (AvgIpc) is 2.72. The number of nitrogens with zero attached hydrogens (tertiary/aromatic N) is 1. The number of hydrogen-bond donors (Lipinski definition) is 2. The van der Waals surface area contributed by atoms with Crippen LogP contribution in [0.3, 0.4) is 0 Å². The molecule has 20 heavy (non-hydrogen) atoms. The number of aromatic nitrogens is 1. The van der Waals surface area contributed by atoms with Crippen LogP contribution in [0.25, 0.3) is 5.69 Å². The number of ketones is 1. The molecule has 0 spiro atoms. The summed E-state index contributed by atoms with van der Waals surface area (Å²) >= 11 is 0. The van der Waals surface area contributed by atoms with Crippen molar-refractivity contribution in [1.82, 2.24) is 4.57 Å². The number of benzene rings is 1. The Morgan fingerprint density at radius 1 is 1.00 bits per heavy atom. The molecule has 4 nitrogen and oxygen atoms in total. The molecule has 1 aromatic heterocycles. The lowest BCUT2D eigenvalue weighted by Crippen LogP contribution is -1.96. The van der Waals surface area contributed by atoms with Crippen molar-refractivity contribution in [2.45, 2.75) is 19.8 Å². The van der Waals surface area contributed by atoms with Gasteiger partial charge >= 0.3 is 0 Å². The second-order valence-corrected chi connectivity index (χ2v) is 4.92. The molecule has 0 radical (unpaired) electrons. The highest BCUT2D eigenvalue weighted by atomic mass is 16.3. The molecule has 2 aromatic rings. The van der Waals surface area contributed by atoms with E-state index in [1.165, 1.54) is 11.5 Å². The van der Waals surface area contributed by atoms with E-state index in [4.69, 9.17) is 0 Å². The van der Waals surface area contributed by atoms with Gasteiger partial charge in [0.1, 0.15) is 0 Å². The predicted octanol–water partition coefficient (Wildman–Crippen LogP) is 2.75. The quantitative estimate of drug-likeness (QED) is 0.651. The van der Waals surface area contributed by atoms with Crippen LogP contribution in [-0.2, 0) is 12.8 Å². The van der Waals surface area contributed by atoms with Crippen LogP contribution in [0, 0.1) is 0 Å². The lowest BCUT2D eigenvalue weighted by atomic mass is 10.0. The topological polar surface area (TPSA) is 62.5 Å². The Kier molecular flexibility index (Phi) is 2.86. The molecule has 2 N–H and O–H groups in total. The first-order valence-electron chi connectivity index (χ1n) is 6.50. The molecule has 0 fully saturated rings. The van der Waals surface area contributed by atoms with Gasteiger partial charge in [-0.3, -0.25) is 9.36 Å². The molecule has 1 aromatic carbocycles. The van der Waals surface area contributed by atoms with Gasteiger partial charge in [-0.15, -0.1) is 0 Å². The van der Waals surface area contributed by atoms with Crippen LogP contribution in [0.2, 0.25) is 0 Å². The Bertz CT molecular complexity index is 677. The lowest BCUT2D eigenvalue weighted by Gasteiger charge is -2.07. The van der Waals surface area contributed by atoms with Crippen LogP contribution in [0.5, 0.6) is 11.8 Å². The van der Waals surface area contributed by atoms with Crippen LogP contribution < -0.4 is 0 Å². The number of allylic oxidation sites excluding steroid dienone is 2. The SMILES string of the molecule is CC(=O)c1ccc(-n2c(O)c3c(c2O)CC=CC3)cc1. The van der Waals surface area contributed by atoms with E-state index in [0.717, 1.165) is 11.1 Å². The summed E-state index contributed by atoms with van der Waals surface area (Å²) < 4.78 is 1.42. The van der Waals surface area contributed by atoms with Gasteiger partial charge in [0.05, 0.1) is 5.69 Å². The van der Waals surface area contributed by atoms with E-state index in [9.17, 15) is 15.0 Å². The summed E-state index contributed by atoms with van der Waals surface area (Å²) in [5, 5.41) is 20.6. The summed E-state index contributed by atoms with van der Waals surface area (Å²) in [4.78, 5) is 11.3. The Morgan fingerprint density at radius 2 is 1.50 bits per heavy atom. The second kappa shape index (κ2) is 4.56. The number of fused-ring (bicyclic) bond motifs is 1. The Hall–Kier alpha value is -2.49. The smallest absolute Gasteiger partial charge is 0.202 e. The van der Waals surface area contributed by atoms with E-state index in [0.29, 0.717) is 24.1 Å². The summed E-state index contributed by atoms with van der Waals surface area (Å²) in [5.41, 5.74) is 2.77. The first-order chi connectivity index (χ1) is 9.59. The number of Topliss-reactive ketones (excluding diaryl/α,β-unsaturated/α-hetero) is 1. The zero-order valence-corrected chi connectivity index (χ0v) is 11.1. The zero-order valence-electron chi connectivity index (χ0n) is 11.1. The maximum absolute atomic E-state index is 11.3. The van der Waals surface area contributed by atoms with E-state index in [1.807, 2.05) is 12.2 Å². The van der Waals surface area contributed by atoms with Crippen LogP contribution in [0.4, 0.5) is 0 Å². The monoisotopic (exact) mass is 269 g/mol. The fraction of sp³-hybridized carbons (Fsp3) is 0.188. The van der Waals surface area contributed by atoms with Gasteiger partial charge < -0.3 is 10.2 Å². The summed E-state index contributed by atoms with van der Waals surface area (Å²) in [6, 6.07) is 6.81. The molecule has 0 amide bonds. The maximum atomic E-state index is 11.3. The summed E-state index contributed by atoms with van der Waals surface area (Å²) in [7, 11) is 0. The van der Waals surface area contributed by atoms with E-state index in [-0.39, 0.29) is 17.5 Å². The highest BCUT2D eigenvalue weighted by Crippen LogP contribution is 2.39. The minimum absolute atomic E-state index is 0.0130. The van der Waals surface area contributed by atoms with Crippen molar-refractivity contribution in [2.75, 3.05) is 0 Å². The van der Waals surface area contributed by atoms with Gasteiger partial charge in [-0.05, 0) is 44.0 Å². The van der Waals surface area contributed by atoms with Crippen LogP contribution >= 0.6 is 0 Å².